The van der Waals surface area contributed by atoms with Crippen LogP contribution in [0.5, 0.6) is 0 Å². The van der Waals surface area contributed by atoms with Crippen molar-refractivity contribution in [2.24, 2.45) is 5.92 Å². The molecule has 0 aromatic rings. The molecule has 1 N–H and O–H groups in total. The molecule has 146 valence electrons. The summed E-state index contributed by atoms with van der Waals surface area (Å²) in [5.74, 6) is 0.519. The van der Waals surface area contributed by atoms with E-state index in [1.165, 1.54) is 34.3 Å². The number of aliphatic hydroxyl groups is 1. The summed E-state index contributed by atoms with van der Waals surface area (Å²) in [4.78, 5) is 0. The molecule has 1 aliphatic rings. The zero-order valence-electron chi connectivity index (χ0n) is 17.6. The fourth-order valence-corrected chi connectivity index (χ4v) is 3.45. The standard InChI is InChI=1S/C25H40O/c1-20(2)9-6-13-23(5)25-17-15-22(4)11-7-10-21(3)12-8-14-24(19-26)16-18-25/h9,11-12,16,25-26H,5-8,10,13-15,17-19H2,1-4H3. The summed E-state index contributed by atoms with van der Waals surface area (Å²) >= 11 is 0. The van der Waals surface area contributed by atoms with Gasteiger partial charge in [-0.15, -0.1) is 0 Å². The van der Waals surface area contributed by atoms with Crippen LogP contribution in [0.15, 0.2) is 58.7 Å². The highest BCUT2D eigenvalue weighted by Crippen LogP contribution is 2.28. The summed E-state index contributed by atoms with van der Waals surface area (Å²) in [5.41, 5.74) is 6.90. The molecular formula is C25H40O. The Kier molecular flexibility index (Phi) is 11.3. The van der Waals surface area contributed by atoms with Crippen LogP contribution in [0.4, 0.5) is 0 Å². The lowest BCUT2D eigenvalue weighted by molar-refractivity contribution is 0.325. The second-order valence-electron chi connectivity index (χ2n) is 8.15. The van der Waals surface area contributed by atoms with Gasteiger partial charge in [0.1, 0.15) is 0 Å². The van der Waals surface area contributed by atoms with Gasteiger partial charge in [0.2, 0.25) is 0 Å². The normalized spacial score (nSPS) is 20.3. The van der Waals surface area contributed by atoms with Crippen LogP contribution in [-0.4, -0.2) is 11.7 Å². The highest BCUT2D eigenvalue weighted by Gasteiger charge is 2.12. The van der Waals surface area contributed by atoms with E-state index in [2.05, 4.69) is 58.6 Å². The molecule has 1 unspecified atom stereocenters. The molecule has 0 radical (unpaired) electrons. The fraction of sp³-hybridized carbons (Fsp3) is 0.600. The first-order valence-electron chi connectivity index (χ1n) is 10.3. The zero-order valence-corrected chi connectivity index (χ0v) is 17.6. The van der Waals surface area contributed by atoms with Gasteiger partial charge in [-0.05, 0) is 97.0 Å². The first kappa shape index (κ1) is 22.7. The van der Waals surface area contributed by atoms with Crippen LogP contribution >= 0.6 is 0 Å². The first-order valence-corrected chi connectivity index (χ1v) is 10.3. The molecule has 26 heavy (non-hydrogen) atoms. The van der Waals surface area contributed by atoms with Crippen LogP contribution < -0.4 is 0 Å². The fourth-order valence-electron chi connectivity index (χ4n) is 3.45. The van der Waals surface area contributed by atoms with E-state index in [1.807, 2.05) is 0 Å². The van der Waals surface area contributed by atoms with Crippen molar-refractivity contribution in [2.45, 2.75) is 85.5 Å². The number of hydrogen-bond donors (Lipinski definition) is 1. The van der Waals surface area contributed by atoms with E-state index < -0.39 is 0 Å². The Labute approximate surface area is 162 Å². The van der Waals surface area contributed by atoms with Crippen LogP contribution in [0.3, 0.4) is 0 Å². The second-order valence-corrected chi connectivity index (χ2v) is 8.15. The molecule has 1 rings (SSSR count). The van der Waals surface area contributed by atoms with Crippen molar-refractivity contribution >= 4 is 0 Å². The third-order valence-electron chi connectivity index (χ3n) is 5.37. The Morgan fingerprint density at radius 2 is 1.73 bits per heavy atom. The molecule has 0 fully saturated rings. The lowest BCUT2D eigenvalue weighted by Gasteiger charge is -2.19. The summed E-state index contributed by atoms with van der Waals surface area (Å²) < 4.78 is 0. The largest absolute Gasteiger partial charge is 0.392 e. The van der Waals surface area contributed by atoms with Crippen LogP contribution in [0.2, 0.25) is 0 Å². The molecule has 0 saturated heterocycles. The van der Waals surface area contributed by atoms with E-state index in [0.717, 1.165) is 51.4 Å². The molecular weight excluding hydrogens is 316 g/mol. The van der Waals surface area contributed by atoms with Gasteiger partial charge in [0.25, 0.3) is 0 Å². The number of hydrogen-bond acceptors (Lipinski definition) is 1. The maximum absolute atomic E-state index is 9.70. The molecule has 0 aromatic carbocycles. The second kappa shape index (κ2) is 12.9. The van der Waals surface area contributed by atoms with Crippen LogP contribution in [-0.2, 0) is 0 Å². The number of rotatable bonds is 5. The zero-order chi connectivity index (χ0) is 19.4. The van der Waals surface area contributed by atoms with Gasteiger partial charge in [-0.25, -0.2) is 0 Å². The molecule has 0 bridgehead atoms. The lowest BCUT2D eigenvalue weighted by atomic mass is 9.86. The van der Waals surface area contributed by atoms with Gasteiger partial charge in [-0.2, -0.15) is 0 Å². The quantitative estimate of drug-likeness (QED) is 0.507. The van der Waals surface area contributed by atoms with Crippen molar-refractivity contribution < 1.29 is 5.11 Å². The van der Waals surface area contributed by atoms with Crippen molar-refractivity contribution in [2.75, 3.05) is 6.61 Å². The molecule has 1 atom stereocenters. The van der Waals surface area contributed by atoms with Crippen LogP contribution in [0.1, 0.15) is 85.5 Å². The third-order valence-corrected chi connectivity index (χ3v) is 5.37. The van der Waals surface area contributed by atoms with Crippen LogP contribution in [0.25, 0.3) is 0 Å². The van der Waals surface area contributed by atoms with E-state index in [9.17, 15) is 5.11 Å². The summed E-state index contributed by atoms with van der Waals surface area (Å²) in [6.07, 6.45) is 19.1. The van der Waals surface area contributed by atoms with E-state index in [4.69, 9.17) is 0 Å². The maximum Gasteiger partial charge on any atom is 0.0641 e. The Balaban J connectivity index is 2.85. The van der Waals surface area contributed by atoms with E-state index in [-0.39, 0.29) is 6.61 Å². The summed E-state index contributed by atoms with van der Waals surface area (Å²) in [7, 11) is 0. The molecule has 0 heterocycles. The van der Waals surface area contributed by atoms with Crippen molar-refractivity contribution in [1.82, 2.24) is 0 Å². The highest BCUT2D eigenvalue weighted by molar-refractivity contribution is 5.12. The van der Waals surface area contributed by atoms with Gasteiger partial charge in [-0.3, -0.25) is 0 Å². The van der Waals surface area contributed by atoms with Crippen molar-refractivity contribution in [3.63, 3.8) is 0 Å². The first-order chi connectivity index (χ1) is 12.4. The maximum atomic E-state index is 9.70. The van der Waals surface area contributed by atoms with E-state index in [1.54, 1.807) is 0 Å². The molecule has 1 nitrogen and oxygen atoms in total. The summed E-state index contributed by atoms with van der Waals surface area (Å²) in [5, 5.41) is 9.70. The van der Waals surface area contributed by atoms with Gasteiger partial charge in [0, 0.05) is 0 Å². The van der Waals surface area contributed by atoms with Gasteiger partial charge >= 0.3 is 0 Å². The average molecular weight is 357 g/mol. The summed E-state index contributed by atoms with van der Waals surface area (Å²) in [6, 6.07) is 0. The van der Waals surface area contributed by atoms with Gasteiger partial charge in [-0.1, -0.05) is 53.2 Å². The number of aliphatic hydroxyl groups excluding tert-OH is 1. The predicted octanol–water partition coefficient (Wildman–Crippen LogP) is 7.46. The predicted molar refractivity (Wildman–Crippen MR) is 116 cm³/mol. The Bertz CT molecular complexity index is 553. The van der Waals surface area contributed by atoms with E-state index in [0.29, 0.717) is 5.92 Å². The molecule has 0 amide bonds. The smallest absolute Gasteiger partial charge is 0.0641 e. The highest BCUT2D eigenvalue weighted by atomic mass is 16.3. The topological polar surface area (TPSA) is 20.2 Å². The van der Waals surface area contributed by atoms with Gasteiger partial charge in [0.05, 0.1) is 6.61 Å². The van der Waals surface area contributed by atoms with Gasteiger partial charge < -0.3 is 5.11 Å². The molecule has 0 spiro atoms. The van der Waals surface area contributed by atoms with Gasteiger partial charge in [0.15, 0.2) is 0 Å². The Morgan fingerprint density at radius 3 is 2.38 bits per heavy atom. The molecule has 1 aliphatic carbocycles. The monoisotopic (exact) mass is 356 g/mol. The Hall–Kier alpha value is -1.34. The van der Waals surface area contributed by atoms with Crippen molar-refractivity contribution in [3.8, 4) is 0 Å². The molecule has 1 heteroatoms. The Morgan fingerprint density at radius 1 is 1.08 bits per heavy atom. The minimum Gasteiger partial charge on any atom is -0.392 e. The molecule has 0 aromatic heterocycles. The number of allylic oxidation sites excluding steroid dienone is 8. The summed E-state index contributed by atoms with van der Waals surface area (Å²) in [6.45, 7) is 13.4. The van der Waals surface area contributed by atoms with E-state index >= 15 is 0 Å². The lowest BCUT2D eigenvalue weighted by Crippen LogP contribution is -2.05. The van der Waals surface area contributed by atoms with Crippen LogP contribution in [0, 0.1) is 5.92 Å². The SMILES string of the molecule is C=C(CCC=C(C)C)C1CC=C(CO)CCC=C(C)CCC=C(C)CC1. The average Bonchev–Trinajstić information content (AvgIpc) is 2.59. The minimum absolute atomic E-state index is 0.183. The molecule has 0 aliphatic heterocycles. The minimum atomic E-state index is 0.183. The van der Waals surface area contributed by atoms with Crippen molar-refractivity contribution in [3.05, 3.63) is 58.7 Å². The van der Waals surface area contributed by atoms with Crippen molar-refractivity contribution in [1.29, 1.82) is 0 Å². The third kappa shape index (κ3) is 9.97. The molecule has 0 saturated carbocycles.